The van der Waals surface area contributed by atoms with Gasteiger partial charge in [0.15, 0.2) is 11.5 Å². The molecule has 0 radical (unpaired) electrons. The summed E-state index contributed by atoms with van der Waals surface area (Å²) in [5.74, 6) is 2.94. The maximum absolute atomic E-state index is 12.2. The van der Waals surface area contributed by atoms with Crippen molar-refractivity contribution in [2.75, 3.05) is 25.6 Å². The van der Waals surface area contributed by atoms with Crippen LogP contribution in [0.15, 0.2) is 18.2 Å². The van der Waals surface area contributed by atoms with Crippen LogP contribution in [0.2, 0.25) is 0 Å². The molecule has 0 bridgehead atoms. The fourth-order valence-electron chi connectivity index (χ4n) is 3.20. The number of fused-ring (bicyclic) bond motifs is 1. The first kappa shape index (κ1) is 14.2. The number of aliphatic hydroxyl groups excluding tert-OH is 1. The van der Waals surface area contributed by atoms with E-state index in [1.54, 1.807) is 25.3 Å². The van der Waals surface area contributed by atoms with Gasteiger partial charge >= 0.3 is 0 Å². The van der Waals surface area contributed by atoms with Crippen molar-refractivity contribution in [3.63, 3.8) is 0 Å². The van der Waals surface area contributed by atoms with Crippen molar-refractivity contribution in [2.24, 2.45) is 17.8 Å². The Morgan fingerprint density at radius 1 is 1.29 bits per heavy atom. The number of amides is 1. The highest BCUT2D eigenvalue weighted by molar-refractivity contribution is 5.93. The number of hydrogen-bond acceptors (Lipinski definition) is 4. The number of aliphatic hydroxyl groups is 1. The normalized spacial score (nSPS) is 26.1. The van der Waals surface area contributed by atoms with Gasteiger partial charge in [0.1, 0.15) is 6.61 Å². The number of nitrogens with one attached hydrogen (secondary N) is 1. The molecule has 114 valence electrons. The molecule has 1 amide bonds. The van der Waals surface area contributed by atoms with Gasteiger partial charge in [0.05, 0.1) is 13.7 Å². The zero-order valence-electron chi connectivity index (χ0n) is 12.2. The van der Waals surface area contributed by atoms with E-state index in [9.17, 15) is 4.79 Å². The van der Waals surface area contributed by atoms with Gasteiger partial charge in [0.25, 0.3) is 0 Å². The first-order valence-electron chi connectivity index (χ1n) is 7.44. The third-order valence-corrected chi connectivity index (χ3v) is 4.39. The van der Waals surface area contributed by atoms with Crippen LogP contribution in [0.5, 0.6) is 11.5 Å². The van der Waals surface area contributed by atoms with E-state index in [4.69, 9.17) is 14.6 Å². The van der Waals surface area contributed by atoms with E-state index in [1.165, 1.54) is 6.42 Å². The van der Waals surface area contributed by atoms with Crippen LogP contribution in [0.3, 0.4) is 0 Å². The minimum Gasteiger partial charge on any atom is -0.493 e. The smallest absolute Gasteiger partial charge is 0.227 e. The molecule has 2 atom stereocenters. The zero-order chi connectivity index (χ0) is 14.8. The lowest BCUT2D eigenvalue weighted by Gasteiger charge is -2.15. The molecule has 0 saturated heterocycles. The van der Waals surface area contributed by atoms with Crippen LogP contribution in [0.4, 0.5) is 5.69 Å². The number of ether oxygens (including phenoxy) is 2. The van der Waals surface area contributed by atoms with Gasteiger partial charge in [-0.2, -0.15) is 0 Å². The summed E-state index contributed by atoms with van der Waals surface area (Å²) in [4.78, 5) is 12.2. The molecule has 2 fully saturated rings. The van der Waals surface area contributed by atoms with Crippen molar-refractivity contribution >= 4 is 11.6 Å². The first-order chi connectivity index (χ1) is 10.2. The Balaban J connectivity index is 1.65. The van der Waals surface area contributed by atoms with Gasteiger partial charge in [-0.3, -0.25) is 4.79 Å². The van der Waals surface area contributed by atoms with E-state index in [-0.39, 0.29) is 25.0 Å². The summed E-state index contributed by atoms with van der Waals surface area (Å²) < 4.78 is 10.6. The SMILES string of the molecule is COc1ccc(NC(=O)C2CC3CC3C2)cc1OCCO. The summed E-state index contributed by atoms with van der Waals surface area (Å²) in [6.45, 7) is 0.129. The molecule has 2 saturated carbocycles. The molecule has 0 heterocycles. The number of carbonyl (C=O) groups excluding carboxylic acids is 1. The topological polar surface area (TPSA) is 67.8 Å². The van der Waals surface area contributed by atoms with E-state index in [0.717, 1.165) is 24.7 Å². The number of anilines is 1. The number of hydrogen-bond donors (Lipinski definition) is 2. The molecule has 2 aliphatic carbocycles. The number of carbonyl (C=O) groups is 1. The molecule has 1 aromatic rings. The largest absolute Gasteiger partial charge is 0.493 e. The fraction of sp³-hybridized carbons (Fsp3) is 0.562. The van der Waals surface area contributed by atoms with Gasteiger partial charge in [-0.15, -0.1) is 0 Å². The van der Waals surface area contributed by atoms with E-state index < -0.39 is 0 Å². The molecule has 2 aliphatic rings. The van der Waals surface area contributed by atoms with Gasteiger partial charge in [-0.1, -0.05) is 0 Å². The lowest BCUT2D eigenvalue weighted by atomic mass is 10.0. The third-order valence-electron chi connectivity index (χ3n) is 4.39. The molecular weight excluding hydrogens is 270 g/mol. The highest BCUT2D eigenvalue weighted by atomic mass is 16.5. The molecule has 0 aliphatic heterocycles. The van der Waals surface area contributed by atoms with Crippen molar-refractivity contribution in [1.29, 1.82) is 0 Å². The average Bonchev–Trinajstić information content (AvgIpc) is 3.11. The van der Waals surface area contributed by atoms with Crippen molar-refractivity contribution in [3.05, 3.63) is 18.2 Å². The van der Waals surface area contributed by atoms with Crippen LogP contribution < -0.4 is 14.8 Å². The summed E-state index contributed by atoms with van der Waals surface area (Å²) in [7, 11) is 1.56. The van der Waals surface area contributed by atoms with Gasteiger partial charge < -0.3 is 19.9 Å². The molecule has 0 spiro atoms. The van der Waals surface area contributed by atoms with Crippen LogP contribution in [-0.4, -0.2) is 31.3 Å². The Bertz CT molecular complexity index is 521. The fourth-order valence-corrected chi connectivity index (χ4v) is 3.20. The van der Waals surface area contributed by atoms with Crippen LogP contribution in [0.1, 0.15) is 19.3 Å². The number of methoxy groups -OCH3 is 1. The van der Waals surface area contributed by atoms with Crippen molar-refractivity contribution in [1.82, 2.24) is 0 Å². The molecule has 1 aromatic carbocycles. The molecule has 21 heavy (non-hydrogen) atoms. The Morgan fingerprint density at radius 2 is 2.05 bits per heavy atom. The third kappa shape index (κ3) is 3.13. The monoisotopic (exact) mass is 291 g/mol. The summed E-state index contributed by atoms with van der Waals surface area (Å²) in [5.41, 5.74) is 0.703. The molecule has 5 nitrogen and oxygen atoms in total. The molecular formula is C16H21NO4. The second kappa shape index (κ2) is 5.93. The van der Waals surface area contributed by atoms with Gasteiger partial charge in [-0.05, 0) is 43.2 Å². The minimum absolute atomic E-state index is 0.0649. The molecule has 2 N–H and O–H groups in total. The summed E-state index contributed by atoms with van der Waals surface area (Å²) in [6.07, 6.45) is 3.37. The van der Waals surface area contributed by atoms with Gasteiger partial charge in [-0.25, -0.2) is 0 Å². The molecule has 2 unspecified atom stereocenters. The Labute approximate surface area is 124 Å². The van der Waals surface area contributed by atoms with E-state index >= 15 is 0 Å². The summed E-state index contributed by atoms with van der Waals surface area (Å²) in [5, 5.41) is 11.8. The van der Waals surface area contributed by atoms with Crippen molar-refractivity contribution in [3.8, 4) is 11.5 Å². The van der Waals surface area contributed by atoms with E-state index in [1.807, 2.05) is 0 Å². The standard InChI is InChI=1S/C16H21NO4/c1-20-14-3-2-13(9-15(14)21-5-4-18)17-16(19)12-7-10-6-11(10)8-12/h2-3,9-12,18H,4-8H2,1H3,(H,17,19). The van der Waals surface area contributed by atoms with Crippen molar-refractivity contribution < 1.29 is 19.4 Å². The predicted molar refractivity (Wildman–Crippen MR) is 78.5 cm³/mol. The number of benzene rings is 1. The quantitative estimate of drug-likeness (QED) is 0.842. The Hall–Kier alpha value is -1.75. The van der Waals surface area contributed by atoms with Crippen LogP contribution >= 0.6 is 0 Å². The van der Waals surface area contributed by atoms with Crippen LogP contribution in [0, 0.1) is 17.8 Å². The predicted octanol–water partition coefficient (Wildman–Crippen LogP) is 2.05. The highest BCUT2D eigenvalue weighted by Gasteiger charge is 2.47. The lowest BCUT2D eigenvalue weighted by Crippen LogP contribution is -2.21. The van der Waals surface area contributed by atoms with Crippen LogP contribution in [0.25, 0.3) is 0 Å². The van der Waals surface area contributed by atoms with Crippen molar-refractivity contribution in [2.45, 2.75) is 19.3 Å². The maximum atomic E-state index is 12.2. The molecule has 3 rings (SSSR count). The Morgan fingerprint density at radius 3 is 2.71 bits per heavy atom. The summed E-state index contributed by atoms with van der Waals surface area (Å²) >= 11 is 0. The number of rotatable bonds is 6. The lowest BCUT2D eigenvalue weighted by molar-refractivity contribution is -0.120. The maximum Gasteiger partial charge on any atom is 0.227 e. The second-order valence-corrected chi connectivity index (χ2v) is 5.85. The van der Waals surface area contributed by atoms with E-state index in [0.29, 0.717) is 17.2 Å². The zero-order valence-corrected chi connectivity index (χ0v) is 12.2. The van der Waals surface area contributed by atoms with Crippen LogP contribution in [-0.2, 0) is 4.79 Å². The summed E-state index contributed by atoms with van der Waals surface area (Å²) in [6, 6.07) is 5.30. The van der Waals surface area contributed by atoms with E-state index in [2.05, 4.69) is 5.32 Å². The Kier molecular flexibility index (Phi) is 4.01. The highest BCUT2D eigenvalue weighted by Crippen LogP contribution is 2.54. The molecule has 0 aromatic heterocycles. The van der Waals surface area contributed by atoms with Gasteiger partial charge in [0.2, 0.25) is 5.91 Å². The minimum atomic E-state index is -0.0649. The van der Waals surface area contributed by atoms with Gasteiger partial charge in [0, 0.05) is 17.7 Å². The molecule has 5 heteroatoms. The average molecular weight is 291 g/mol. The first-order valence-corrected chi connectivity index (χ1v) is 7.44. The second-order valence-electron chi connectivity index (χ2n) is 5.85.